The van der Waals surface area contributed by atoms with Crippen molar-refractivity contribution in [3.63, 3.8) is 0 Å². The summed E-state index contributed by atoms with van der Waals surface area (Å²) in [6, 6.07) is 13.3. The van der Waals surface area contributed by atoms with Crippen LogP contribution in [-0.4, -0.2) is 31.1 Å². The number of hydrogen-bond donors (Lipinski definition) is 1. The Balaban J connectivity index is 1.97. The maximum absolute atomic E-state index is 11.0. The second-order valence-electron chi connectivity index (χ2n) is 4.50. The first-order chi connectivity index (χ1) is 10.2. The van der Waals surface area contributed by atoms with Crippen LogP contribution in [0.25, 0.3) is 17.1 Å². The molecule has 0 fully saturated rings. The molecular formula is C15H12N4O2. The summed E-state index contributed by atoms with van der Waals surface area (Å²) in [7, 11) is 0. The third-order valence-corrected chi connectivity index (χ3v) is 3.18. The molecule has 6 nitrogen and oxygen atoms in total. The van der Waals surface area contributed by atoms with Crippen LogP contribution in [0.2, 0.25) is 0 Å². The van der Waals surface area contributed by atoms with Crippen LogP contribution in [0.4, 0.5) is 0 Å². The van der Waals surface area contributed by atoms with Crippen molar-refractivity contribution in [3.8, 4) is 17.1 Å². The predicted octanol–water partition coefficient (Wildman–Crippen LogP) is 2.34. The predicted molar refractivity (Wildman–Crippen MR) is 76.3 cm³/mol. The number of aromatic nitrogens is 4. The molecule has 21 heavy (non-hydrogen) atoms. The summed E-state index contributed by atoms with van der Waals surface area (Å²) in [6.07, 6.45) is 1.31. The van der Waals surface area contributed by atoms with Crippen molar-refractivity contribution in [2.45, 2.75) is 6.92 Å². The SMILES string of the molecule is Cc1c(C(=O)O)cnn1-c1ccc(-c2ccccc2)nn1. The largest absolute Gasteiger partial charge is 0.478 e. The van der Waals surface area contributed by atoms with E-state index in [0.717, 1.165) is 11.3 Å². The van der Waals surface area contributed by atoms with Crippen molar-refractivity contribution in [2.75, 3.05) is 0 Å². The lowest BCUT2D eigenvalue weighted by molar-refractivity contribution is 0.0696. The molecule has 0 amide bonds. The number of nitrogens with zero attached hydrogens (tertiary/aromatic N) is 4. The van der Waals surface area contributed by atoms with Gasteiger partial charge in [-0.05, 0) is 19.1 Å². The second kappa shape index (κ2) is 5.16. The zero-order chi connectivity index (χ0) is 14.8. The van der Waals surface area contributed by atoms with Gasteiger partial charge in [0.05, 0.1) is 17.6 Å². The Morgan fingerprint density at radius 1 is 1.10 bits per heavy atom. The number of benzene rings is 1. The van der Waals surface area contributed by atoms with Crippen LogP contribution in [0.3, 0.4) is 0 Å². The molecule has 104 valence electrons. The van der Waals surface area contributed by atoms with Crippen LogP contribution in [0.1, 0.15) is 16.1 Å². The van der Waals surface area contributed by atoms with Gasteiger partial charge in [0.1, 0.15) is 5.56 Å². The van der Waals surface area contributed by atoms with E-state index in [2.05, 4.69) is 15.3 Å². The number of carbonyl (C=O) groups is 1. The third-order valence-electron chi connectivity index (χ3n) is 3.18. The van der Waals surface area contributed by atoms with Gasteiger partial charge in [-0.3, -0.25) is 0 Å². The van der Waals surface area contributed by atoms with E-state index in [4.69, 9.17) is 5.11 Å². The summed E-state index contributed by atoms with van der Waals surface area (Å²) >= 11 is 0. The fourth-order valence-electron chi connectivity index (χ4n) is 2.05. The summed E-state index contributed by atoms with van der Waals surface area (Å²) < 4.78 is 1.46. The Bertz CT molecular complexity index is 779. The molecule has 1 aromatic carbocycles. The van der Waals surface area contributed by atoms with E-state index in [-0.39, 0.29) is 5.56 Å². The molecule has 0 saturated carbocycles. The van der Waals surface area contributed by atoms with E-state index in [1.807, 2.05) is 36.4 Å². The van der Waals surface area contributed by atoms with Crippen molar-refractivity contribution in [3.05, 3.63) is 59.9 Å². The summed E-state index contributed by atoms with van der Waals surface area (Å²) in [6.45, 7) is 1.68. The van der Waals surface area contributed by atoms with E-state index < -0.39 is 5.97 Å². The Labute approximate surface area is 120 Å². The highest BCUT2D eigenvalue weighted by Gasteiger charge is 2.14. The van der Waals surface area contributed by atoms with Gasteiger partial charge < -0.3 is 5.11 Å². The maximum atomic E-state index is 11.0. The van der Waals surface area contributed by atoms with Gasteiger partial charge in [0.25, 0.3) is 0 Å². The first kappa shape index (κ1) is 13.0. The second-order valence-corrected chi connectivity index (χ2v) is 4.50. The summed E-state index contributed by atoms with van der Waals surface area (Å²) in [5.74, 6) is -0.521. The van der Waals surface area contributed by atoms with Crippen molar-refractivity contribution in [2.24, 2.45) is 0 Å². The molecule has 3 aromatic rings. The highest BCUT2D eigenvalue weighted by Crippen LogP contribution is 2.17. The Hall–Kier alpha value is -3.02. The van der Waals surface area contributed by atoms with Crippen molar-refractivity contribution < 1.29 is 9.90 Å². The minimum atomic E-state index is -1.01. The number of carboxylic acid groups (broad SMARTS) is 1. The van der Waals surface area contributed by atoms with Gasteiger partial charge in [-0.15, -0.1) is 10.2 Å². The molecule has 0 aliphatic heterocycles. The van der Waals surface area contributed by atoms with Crippen LogP contribution in [-0.2, 0) is 0 Å². The summed E-state index contributed by atoms with van der Waals surface area (Å²) in [4.78, 5) is 11.0. The molecule has 2 aromatic heterocycles. The highest BCUT2D eigenvalue weighted by atomic mass is 16.4. The van der Waals surface area contributed by atoms with E-state index in [1.54, 1.807) is 13.0 Å². The number of carboxylic acids is 1. The minimum absolute atomic E-state index is 0.156. The van der Waals surface area contributed by atoms with E-state index in [1.165, 1.54) is 10.9 Å². The van der Waals surface area contributed by atoms with E-state index >= 15 is 0 Å². The lowest BCUT2D eigenvalue weighted by Crippen LogP contribution is -2.05. The topological polar surface area (TPSA) is 80.9 Å². The average Bonchev–Trinajstić information content (AvgIpc) is 2.90. The molecule has 0 aliphatic rings. The minimum Gasteiger partial charge on any atom is -0.478 e. The van der Waals surface area contributed by atoms with E-state index in [9.17, 15) is 4.79 Å². The molecule has 6 heteroatoms. The molecule has 3 rings (SSSR count). The van der Waals surface area contributed by atoms with Crippen LogP contribution in [0.15, 0.2) is 48.7 Å². The fourth-order valence-corrected chi connectivity index (χ4v) is 2.05. The van der Waals surface area contributed by atoms with Crippen LogP contribution >= 0.6 is 0 Å². The van der Waals surface area contributed by atoms with Crippen LogP contribution in [0.5, 0.6) is 0 Å². The first-order valence-corrected chi connectivity index (χ1v) is 6.34. The molecular weight excluding hydrogens is 268 g/mol. The molecule has 0 bridgehead atoms. The molecule has 1 N–H and O–H groups in total. The van der Waals surface area contributed by atoms with Crippen LogP contribution in [0, 0.1) is 6.92 Å². The molecule has 2 heterocycles. The zero-order valence-corrected chi connectivity index (χ0v) is 11.3. The molecule has 0 aliphatic carbocycles. The molecule has 0 spiro atoms. The van der Waals surface area contributed by atoms with Gasteiger partial charge in [0, 0.05) is 5.56 Å². The Morgan fingerprint density at radius 3 is 2.43 bits per heavy atom. The van der Waals surface area contributed by atoms with Crippen molar-refractivity contribution in [1.29, 1.82) is 0 Å². The van der Waals surface area contributed by atoms with Gasteiger partial charge in [-0.2, -0.15) is 5.10 Å². The molecule has 0 saturated heterocycles. The lowest BCUT2D eigenvalue weighted by Gasteiger charge is -2.04. The fraction of sp³-hybridized carbons (Fsp3) is 0.0667. The van der Waals surface area contributed by atoms with Crippen molar-refractivity contribution >= 4 is 5.97 Å². The van der Waals surface area contributed by atoms with Gasteiger partial charge in [-0.25, -0.2) is 9.48 Å². The lowest BCUT2D eigenvalue weighted by atomic mass is 10.1. The molecule has 0 unspecified atom stereocenters. The van der Waals surface area contributed by atoms with Gasteiger partial charge in [0.2, 0.25) is 0 Å². The van der Waals surface area contributed by atoms with Gasteiger partial charge >= 0.3 is 5.97 Å². The summed E-state index contributed by atoms with van der Waals surface area (Å²) in [5.41, 5.74) is 2.40. The quantitative estimate of drug-likeness (QED) is 0.796. The highest BCUT2D eigenvalue weighted by molar-refractivity contribution is 5.88. The number of hydrogen-bond acceptors (Lipinski definition) is 4. The third kappa shape index (κ3) is 2.38. The normalized spacial score (nSPS) is 10.5. The van der Waals surface area contributed by atoms with Crippen LogP contribution < -0.4 is 0 Å². The summed E-state index contributed by atoms with van der Waals surface area (Å²) in [5, 5.41) is 21.4. The first-order valence-electron chi connectivity index (χ1n) is 6.34. The van der Waals surface area contributed by atoms with Crippen molar-refractivity contribution in [1.82, 2.24) is 20.0 Å². The van der Waals surface area contributed by atoms with Gasteiger partial charge in [-0.1, -0.05) is 30.3 Å². The maximum Gasteiger partial charge on any atom is 0.339 e. The monoisotopic (exact) mass is 280 g/mol. The molecule has 0 atom stereocenters. The van der Waals surface area contributed by atoms with E-state index in [0.29, 0.717) is 11.5 Å². The number of rotatable bonds is 3. The standard InChI is InChI=1S/C15H12N4O2/c1-10-12(15(20)21)9-16-19(10)14-8-7-13(17-18-14)11-5-3-2-4-6-11/h2-9H,1H3,(H,20,21). The zero-order valence-electron chi connectivity index (χ0n) is 11.3. The molecule has 0 radical (unpaired) electrons. The van der Waals surface area contributed by atoms with Gasteiger partial charge in [0.15, 0.2) is 5.82 Å². The Morgan fingerprint density at radius 2 is 1.86 bits per heavy atom. The smallest absolute Gasteiger partial charge is 0.339 e. The number of aromatic carboxylic acids is 1. The Kier molecular flexibility index (Phi) is 3.19. The average molecular weight is 280 g/mol.